The molecule has 31 heavy (non-hydrogen) atoms. The van der Waals surface area contributed by atoms with Crippen LogP contribution in [0.25, 0.3) is 0 Å². The van der Waals surface area contributed by atoms with Gasteiger partial charge >= 0.3 is 0 Å². The summed E-state index contributed by atoms with van der Waals surface area (Å²) in [6.07, 6.45) is 0. The molecule has 1 aliphatic rings. The Kier molecular flexibility index (Phi) is 6.14. The molecule has 0 spiro atoms. The molecule has 0 aromatic heterocycles. The van der Waals surface area contributed by atoms with Gasteiger partial charge in [0, 0.05) is 16.9 Å². The number of aryl methyl sites for hydroxylation is 1. The second kappa shape index (κ2) is 8.98. The van der Waals surface area contributed by atoms with Crippen LogP contribution in [-0.2, 0) is 4.79 Å². The number of carbonyl (C=O) groups excluding carboxylic acids is 2. The Morgan fingerprint density at radius 3 is 2.35 bits per heavy atom. The molecule has 1 heterocycles. The van der Waals surface area contributed by atoms with Crippen molar-refractivity contribution in [1.29, 1.82) is 0 Å². The van der Waals surface area contributed by atoms with Crippen molar-refractivity contribution in [3.8, 4) is 0 Å². The SMILES string of the molecule is Cc1ccc(C(=O)Nc2ccc(C3SCC(=O)N3c3ccccc3C(C)C)cc2)cc1. The van der Waals surface area contributed by atoms with E-state index in [1.54, 1.807) is 11.8 Å². The van der Waals surface area contributed by atoms with Gasteiger partial charge < -0.3 is 5.32 Å². The second-order valence-electron chi connectivity index (χ2n) is 8.08. The first-order valence-corrected chi connectivity index (χ1v) is 11.5. The summed E-state index contributed by atoms with van der Waals surface area (Å²) in [6, 6.07) is 23.4. The number of thioether (sulfide) groups is 1. The molecular formula is C26H26N2O2S. The minimum Gasteiger partial charge on any atom is -0.322 e. The Morgan fingerprint density at radius 1 is 1.00 bits per heavy atom. The molecule has 158 valence electrons. The molecule has 1 atom stereocenters. The van der Waals surface area contributed by atoms with Gasteiger partial charge in [0.1, 0.15) is 5.37 Å². The van der Waals surface area contributed by atoms with Crippen LogP contribution in [0.3, 0.4) is 0 Å². The summed E-state index contributed by atoms with van der Waals surface area (Å²) in [5.41, 5.74) is 5.68. The fourth-order valence-electron chi connectivity index (χ4n) is 3.77. The fraction of sp³-hybridized carbons (Fsp3) is 0.231. The van der Waals surface area contributed by atoms with E-state index in [2.05, 4.69) is 25.2 Å². The van der Waals surface area contributed by atoms with E-state index < -0.39 is 0 Å². The maximum absolute atomic E-state index is 12.8. The Morgan fingerprint density at radius 2 is 1.68 bits per heavy atom. The Balaban J connectivity index is 1.55. The number of rotatable bonds is 5. The molecule has 1 fully saturated rings. The van der Waals surface area contributed by atoms with Crippen LogP contribution in [0.5, 0.6) is 0 Å². The van der Waals surface area contributed by atoms with Crippen molar-refractivity contribution >= 4 is 35.0 Å². The summed E-state index contributed by atoms with van der Waals surface area (Å²) >= 11 is 1.63. The van der Waals surface area contributed by atoms with Gasteiger partial charge in [-0.25, -0.2) is 0 Å². The lowest BCUT2D eigenvalue weighted by Crippen LogP contribution is -2.29. The zero-order valence-corrected chi connectivity index (χ0v) is 18.8. The monoisotopic (exact) mass is 430 g/mol. The molecule has 0 saturated carbocycles. The highest BCUT2D eigenvalue weighted by molar-refractivity contribution is 8.00. The summed E-state index contributed by atoms with van der Waals surface area (Å²) in [5, 5.41) is 2.87. The largest absolute Gasteiger partial charge is 0.322 e. The van der Waals surface area contributed by atoms with Crippen molar-refractivity contribution in [2.24, 2.45) is 0 Å². The number of anilines is 2. The topological polar surface area (TPSA) is 49.4 Å². The van der Waals surface area contributed by atoms with Crippen molar-refractivity contribution in [3.05, 3.63) is 95.1 Å². The van der Waals surface area contributed by atoms with Crippen LogP contribution in [0.15, 0.2) is 72.8 Å². The molecule has 1 N–H and O–H groups in total. The van der Waals surface area contributed by atoms with Crippen LogP contribution < -0.4 is 10.2 Å². The van der Waals surface area contributed by atoms with Crippen molar-refractivity contribution in [3.63, 3.8) is 0 Å². The maximum atomic E-state index is 12.8. The number of hydrogen-bond donors (Lipinski definition) is 1. The summed E-state index contributed by atoms with van der Waals surface area (Å²) < 4.78 is 0. The van der Waals surface area contributed by atoms with Crippen LogP contribution in [0.1, 0.15) is 52.2 Å². The zero-order chi connectivity index (χ0) is 22.0. The number of nitrogens with zero attached hydrogens (tertiary/aromatic N) is 1. The summed E-state index contributed by atoms with van der Waals surface area (Å²) in [5.74, 6) is 0.781. The molecule has 0 aliphatic carbocycles. The van der Waals surface area contributed by atoms with E-state index in [1.807, 2.05) is 78.6 Å². The highest BCUT2D eigenvalue weighted by atomic mass is 32.2. The highest BCUT2D eigenvalue weighted by Gasteiger charge is 2.35. The minimum absolute atomic E-state index is 0.0748. The first-order valence-electron chi connectivity index (χ1n) is 10.4. The average Bonchev–Trinajstić information content (AvgIpc) is 3.16. The van der Waals surface area contributed by atoms with Gasteiger partial charge in [-0.05, 0) is 54.3 Å². The summed E-state index contributed by atoms with van der Waals surface area (Å²) in [6.45, 7) is 6.29. The van der Waals surface area contributed by atoms with E-state index in [0.717, 1.165) is 22.5 Å². The normalized spacial score (nSPS) is 16.1. The smallest absolute Gasteiger partial charge is 0.255 e. The van der Waals surface area contributed by atoms with Gasteiger partial charge in [-0.1, -0.05) is 61.9 Å². The second-order valence-corrected chi connectivity index (χ2v) is 9.15. The van der Waals surface area contributed by atoms with E-state index in [-0.39, 0.29) is 17.2 Å². The molecular weight excluding hydrogens is 404 g/mol. The molecule has 1 unspecified atom stereocenters. The zero-order valence-electron chi connectivity index (χ0n) is 18.0. The van der Waals surface area contributed by atoms with Crippen molar-refractivity contribution in [1.82, 2.24) is 0 Å². The molecule has 3 aromatic carbocycles. The number of hydrogen-bond acceptors (Lipinski definition) is 3. The van der Waals surface area contributed by atoms with Crippen LogP contribution in [-0.4, -0.2) is 17.6 Å². The summed E-state index contributed by atoms with van der Waals surface area (Å²) in [4.78, 5) is 27.2. The fourth-order valence-corrected chi connectivity index (χ4v) is 4.93. The van der Waals surface area contributed by atoms with Crippen LogP contribution in [0.2, 0.25) is 0 Å². The van der Waals surface area contributed by atoms with E-state index in [0.29, 0.717) is 17.2 Å². The van der Waals surface area contributed by atoms with E-state index in [1.165, 1.54) is 5.56 Å². The van der Waals surface area contributed by atoms with Crippen molar-refractivity contribution in [2.75, 3.05) is 16.0 Å². The summed E-state index contributed by atoms with van der Waals surface area (Å²) in [7, 11) is 0. The molecule has 1 aliphatic heterocycles. The molecule has 4 rings (SSSR count). The third-order valence-corrected chi connectivity index (χ3v) is 6.67. The highest BCUT2D eigenvalue weighted by Crippen LogP contribution is 2.44. The first-order chi connectivity index (χ1) is 14.9. The van der Waals surface area contributed by atoms with Gasteiger partial charge in [0.05, 0.1) is 5.75 Å². The Hall–Kier alpha value is -3.05. The van der Waals surface area contributed by atoms with E-state index in [9.17, 15) is 9.59 Å². The van der Waals surface area contributed by atoms with Crippen molar-refractivity contribution in [2.45, 2.75) is 32.1 Å². The van der Waals surface area contributed by atoms with Gasteiger partial charge in [0.25, 0.3) is 5.91 Å². The van der Waals surface area contributed by atoms with Gasteiger partial charge in [-0.15, -0.1) is 11.8 Å². The van der Waals surface area contributed by atoms with Gasteiger partial charge in [0.15, 0.2) is 0 Å². The van der Waals surface area contributed by atoms with Crippen LogP contribution in [0.4, 0.5) is 11.4 Å². The predicted octanol–water partition coefficient (Wildman–Crippen LogP) is 6.15. The lowest BCUT2D eigenvalue weighted by atomic mass is 10.00. The number of para-hydroxylation sites is 1. The Labute approximate surface area is 187 Å². The number of nitrogens with one attached hydrogen (secondary N) is 1. The third-order valence-electron chi connectivity index (χ3n) is 5.45. The standard InChI is InChI=1S/C26H26N2O2S/c1-17(2)22-6-4-5-7-23(22)28-24(29)16-31-26(28)20-12-14-21(15-13-20)27-25(30)19-10-8-18(3)9-11-19/h4-15,17,26H,16H2,1-3H3,(H,27,30). The van der Waals surface area contributed by atoms with Gasteiger partial charge in [-0.3, -0.25) is 14.5 Å². The minimum atomic E-state index is -0.134. The number of benzene rings is 3. The average molecular weight is 431 g/mol. The van der Waals surface area contributed by atoms with Crippen LogP contribution >= 0.6 is 11.8 Å². The van der Waals surface area contributed by atoms with E-state index in [4.69, 9.17) is 0 Å². The predicted molar refractivity (Wildman–Crippen MR) is 129 cm³/mol. The quantitative estimate of drug-likeness (QED) is 0.528. The number of amides is 2. The van der Waals surface area contributed by atoms with Crippen molar-refractivity contribution < 1.29 is 9.59 Å². The first kappa shape index (κ1) is 21.2. The lowest BCUT2D eigenvalue weighted by molar-refractivity contribution is -0.115. The molecule has 5 heteroatoms. The molecule has 3 aromatic rings. The van der Waals surface area contributed by atoms with E-state index >= 15 is 0 Å². The molecule has 2 amide bonds. The van der Waals surface area contributed by atoms with Gasteiger partial charge in [0.2, 0.25) is 5.91 Å². The molecule has 1 saturated heterocycles. The lowest BCUT2D eigenvalue weighted by Gasteiger charge is -2.27. The maximum Gasteiger partial charge on any atom is 0.255 e. The Bertz CT molecular complexity index is 1090. The molecule has 0 bridgehead atoms. The van der Waals surface area contributed by atoms with Gasteiger partial charge in [-0.2, -0.15) is 0 Å². The molecule has 0 radical (unpaired) electrons. The third kappa shape index (κ3) is 4.52. The number of carbonyl (C=O) groups is 2. The molecule has 4 nitrogen and oxygen atoms in total. The van der Waals surface area contributed by atoms with Crippen LogP contribution in [0, 0.1) is 6.92 Å².